The molecule has 1 atom stereocenters. The van der Waals surface area contributed by atoms with E-state index in [1.165, 1.54) is 6.08 Å². The summed E-state index contributed by atoms with van der Waals surface area (Å²) in [5, 5.41) is 8.80. The van der Waals surface area contributed by atoms with Crippen molar-refractivity contribution in [2.75, 3.05) is 11.4 Å². The molecule has 20 heavy (non-hydrogen) atoms. The number of hydrogen-bond donors (Lipinski definition) is 1. The molecular weight excluding hydrogens is 250 g/mol. The number of benzene rings is 1. The zero-order valence-electron chi connectivity index (χ0n) is 12.7. The SMILES string of the molecule is CCCCN(c1ccccc1C=CC(=O)O)C(C)CC. The lowest BCUT2D eigenvalue weighted by Crippen LogP contribution is -2.34. The summed E-state index contributed by atoms with van der Waals surface area (Å²) < 4.78 is 0. The van der Waals surface area contributed by atoms with Crippen molar-refractivity contribution in [1.29, 1.82) is 0 Å². The van der Waals surface area contributed by atoms with Gasteiger partial charge in [-0.1, -0.05) is 38.5 Å². The highest BCUT2D eigenvalue weighted by atomic mass is 16.4. The van der Waals surface area contributed by atoms with Crippen LogP contribution in [0, 0.1) is 0 Å². The number of rotatable bonds is 8. The maximum absolute atomic E-state index is 10.7. The van der Waals surface area contributed by atoms with E-state index in [4.69, 9.17) is 5.11 Å². The van der Waals surface area contributed by atoms with Crippen molar-refractivity contribution in [2.45, 2.75) is 46.1 Å². The molecule has 0 bridgehead atoms. The monoisotopic (exact) mass is 275 g/mol. The van der Waals surface area contributed by atoms with E-state index in [1.807, 2.05) is 18.2 Å². The van der Waals surface area contributed by atoms with Crippen molar-refractivity contribution in [1.82, 2.24) is 0 Å². The van der Waals surface area contributed by atoms with Crippen molar-refractivity contribution >= 4 is 17.7 Å². The third kappa shape index (κ3) is 4.72. The van der Waals surface area contributed by atoms with E-state index in [0.717, 1.165) is 37.1 Å². The van der Waals surface area contributed by atoms with Crippen LogP contribution in [0.4, 0.5) is 5.69 Å². The van der Waals surface area contributed by atoms with Gasteiger partial charge < -0.3 is 10.0 Å². The van der Waals surface area contributed by atoms with Crippen molar-refractivity contribution in [3.63, 3.8) is 0 Å². The number of carboxylic acids is 1. The molecule has 0 saturated carbocycles. The van der Waals surface area contributed by atoms with E-state index >= 15 is 0 Å². The second-order valence-electron chi connectivity index (χ2n) is 5.03. The second-order valence-corrected chi connectivity index (χ2v) is 5.03. The predicted molar refractivity (Wildman–Crippen MR) is 85.1 cm³/mol. The average molecular weight is 275 g/mol. The molecule has 1 N–H and O–H groups in total. The Morgan fingerprint density at radius 1 is 1.35 bits per heavy atom. The van der Waals surface area contributed by atoms with Gasteiger partial charge in [-0.15, -0.1) is 0 Å². The van der Waals surface area contributed by atoms with Gasteiger partial charge in [0.15, 0.2) is 0 Å². The molecule has 0 heterocycles. The van der Waals surface area contributed by atoms with E-state index in [9.17, 15) is 4.79 Å². The van der Waals surface area contributed by atoms with Crippen molar-refractivity contribution in [2.24, 2.45) is 0 Å². The molecule has 0 aliphatic carbocycles. The Kier molecular flexibility index (Phi) is 6.85. The first kappa shape index (κ1) is 16.3. The fourth-order valence-electron chi connectivity index (χ4n) is 2.18. The minimum absolute atomic E-state index is 0.445. The van der Waals surface area contributed by atoms with Crippen LogP contribution in [0.1, 0.15) is 45.6 Å². The topological polar surface area (TPSA) is 40.5 Å². The smallest absolute Gasteiger partial charge is 0.328 e. The molecule has 0 amide bonds. The molecule has 3 heteroatoms. The summed E-state index contributed by atoms with van der Waals surface area (Å²) in [6, 6.07) is 8.44. The number of nitrogens with zero attached hydrogens (tertiary/aromatic N) is 1. The Balaban J connectivity index is 3.08. The minimum Gasteiger partial charge on any atom is -0.478 e. The second kappa shape index (κ2) is 8.41. The normalized spacial score (nSPS) is 12.6. The molecule has 0 saturated heterocycles. The molecule has 0 fully saturated rings. The summed E-state index contributed by atoms with van der Waals surface area (Å²) in [5.41, 5.74) is 2.08. The first-order chi connectivity index (χ1) is 9.60. The zero-order chi connectivity index (χ0) is 15.0. The molecule has 3 nitrogen and oxygen atoms in total. The van der Waals surface area contributed by atoms with E-state index in [-0.39, 0.29) is 0 Å². The van der Waals surface area contributed by atoms with Gasteiger partial charge in [-0.05, 0) is 37.5 Å². The zero-order valence-corrected chi connectivity index (χ0v) is 12.7. The largest absolute Gasteiger partial charge is 0.478 e. The molecule has 0 radical (unpaired) electrons. The maximum atomic E-state index is 10.7. The first-order valence-electron chi connectivity index (χ1n) is 7.36. The van der Waals surface area contributed by atoms with Crippen molar-refractivity contribution in [3.8, 4) is 0 Å². The molecule has 0 aliphatic heterocycles. The van der Waals surface area contributed by atoms with Crippen LogP contribution in [0.2, 0.25) is 0 Å². The highest BCUT2D eigenvalue weighted by Crippen LogP contribution is 2.25. The van der Waals surface area contributed by atoms with Crippen molar-refractivity contribution < 1.29 is 9.90 Å². The number of hydrogen-bond acceptors (Lipinski definition) is 2. The molecule has 1 rings (SSSR count). The van der Waals surface area contributed by atoms with E-state index < -0.39 is 5.97 Å². The maximum Gasteiger partial charge on any atom is 0.328 e. The number of anilines is 1. The van der Waals surface area contributed by atoms with Gasteiger partial charge in [0.05, 0.1) is 0 Å². The lowest BCUT2D eigenvalue weighted by molar-refractivity contribution is -0.131. The lowest BCUT2D eigenvalue weighted by atomic mass is 10.1. The molecule has 1 aromatic rings. The van der Waals surface area contributed by atoms with Gasteiger partial charge in [-0.2, -0.15) is 0 Å². The fraction of sp³-hybridized carbons (Fsp3) is 0.471. The van der Waals surface area contributed by atoms with Crippen LogP contribution < -0.4 is 4.90 Å². The van der Waals surface area contributed by atoms with Crippen LogP contribution >= 0.6 is 0 Å². The van der Waals surface area contributed by atoms with E-state index in [1.54, 1.807) is 6.08 Å². The fourth-order valence-corrected chi connectivity index (χ4v) is 2.18. The number of unbranched alkanes of at least 4 members (excludes halogenated alkanes) is 1. The molecule has 110 valence electrons. The Morgan fingerprint density at radius 3 is 2.65 bits per heavy atom. The third-order valence-electron chi connectivity index (χ3n) is 3.53. The summed E-state index contributed by atoms with van der Waals surface area (Å²) >= 11 is 0. The van der Waals surface area contributed by atoms with Crippen LogP contribution in [0.25, 0.3) is 6.08 Å². The Labute approximate surface area is 121 Å². The average Bonchev–Trinajstić information content (AvgIpc) is 2.46. The van der Waals surface area contributed by atoms with Gasteiger partial charge in [0.2, 0.25) is 0 Å². The summed E-state index contributed by atoms with van der Waals surface area (Å²) in [4.78, 5) is 13.1. The number of carbonyl (C=O) groups is 1. The summed E-state index contributed by atoms with van der Waals surface area (Å²) in [7, 11) is 0. The van der Waals surface area contributed by atoms with Crippen molar-refractivity contribution in [3.05, 3.63) is 35.9 Å². The molecular formula is C17H25NO2. The van der Waals surface area contributed by atoms with Gasteiger partial charge >= 0.3 is 5.97 Å². The Hall–Kier alpha value is -1.77. The summed E-state index contributed by atoms with van der Waals surface area (Å²) in [5.74, 6) is -0.913. The van der Waals surface area contributed by atoms with E-state index in [2.05, 4.69) is 31.7 Å². The van der Waals surface area contributed by atoms with Gasteiger partial charge in [0, 0.05) is 24.4 Å². The van der Waals surface area contributed by atoms with Gasteiger partial charge in [-0.3, -0.25) is 0 Å². The predicted octanol–water partition coefficient (Wildman–Crippen LogP) is 4.19. The molecule has 0 aromatic heterocycles. The quantitative estimate of drug-likeness (QED) is 0.723. The molecule has 0 aliphatic rings. The lowest BCUT2D eigenvalue weighted by Gasteiger charge is -2.32. The Bertz CT molecular complexity index is 454. The standard InChI is InChI=1S/C17H25NO2/c1-4-6-13-18(14(3)5-2)16-10-8-7-9-15(16)11-12-17(19)20/h7-12,14H,4-6,13H2,1-3H3,(H,19,20). The highest BCUT2D eigenvalue weighted by Gasteiger charge is 2.14. The molecule has 1 unspecified atom stereocenters. The van der Waals surface area contributed by atoms with Crippen LogP contribution in [-0.4, -0.2) is 23.7 Å². The Morgan fingerprint density at radius 2 is 2.05 bits per heavy atom. The number of aliphatic carboxylic acids is 1. The highest BCUT2D eigenvalue weighted by molar-refractivity contribution is 5.87. The first-order valence-corrected chi connectivity index (χ1v) is 7.36. The third-order valence-corrected chi connectivity index (χ3v) is 3.53. The van der Waals surface area contributed by atoms with Crippen LogP contribution in [0.15, 0.2) is 30.3 Å². The van der Waals surface area contributed by atoms with E-state index in [0.29, 0.717) is 6.04 Å². The number of carboxylic acid groups (broad SMARTS) is 1. The summed E-state index contributed by atoms with van der Waals surface area (Å²) in [6.45, 7) is 7.58. The van der Waals surface area contributed by atoms with Gasteiger partial charge in [0.1, 0.15) is 0 Å². The van der Waals surface area contributed by atoms with Gasteiger partial charge in [0.25, 0.3) is 0 Å². The number of para-hydroxylation sites is 1. The van der Waals surface area contributed by atoms with Crippen LogP contribution in [0.5, 0.6) is 0 Å². The van der Waals surface area contributed by atoms with Gasteiger partial charge in [-0.25, -0.2) is 4.79 Å². The minimum atomic E-state index is -0.913. The van der Waals surface area contributed by atoms with Crippen LogP contribution in [0.3, 0.4) is 0 Å². The molecule has 0 spiro atoms. The summed E-state index contributed by atoms with van der Waals surface area (Å²) in [6.07, 6.45) is 6.24. The van der Waals surface area contributed by atoms with Crippen LogP contribution in [-0.2, 0) is 4.79 Å². The molecule has 1 aromatic carbocycles.